The average molecular weight is 256 g/mol. The van der Waals surface area contributed by atoms with Crippen LogP contribution in [0.2, 0.25) is 0 Å². The van der Waals surface area contributed by atoms with Gasteiger partial charge in [0.15, 0.2) is 0 Å². The van der Waals surface area contributed by atoms with E-state index in [1.165, 1.54) is 0 Å². The van der Waals surface area contributed by atoms with Crippen LogP contribution in [0.1, 0.15) is 5.56 Å². The molecule has 0 unspecified atom stereocenters. The first-order valence-electron chi connectivity index (χ1n) is 6.07. The van der Waals surface area contributed by atoms with E-state index in [0.29, 0.717) is 0 Å². The van der Waals surface area contributed by atoms with E-state index in [2.05, 4.69) is 10.6 Å². The standard InChI is InChI=1S/C15H16N2O2/c18-11-12-6-4-5-9-14(12)16-10-15(19)17-13-7-2-1-3-8-13/h1-9,16,18H,10-11H2,(H,17,19). The molecule has 0 spiro atoms. The highest BCUT2D eigenvalue weighted by atomic mass is 16.3. The molecule has 0 aliphatic rings. The molecule has 4 nitrogen and oxygen atoms in total. The summed E-state index contributed by atoms with van der Waals surface area (Å²) in [5, 5.41) is 15.0. The topological polar surface area (TPSA) is 61.4 Å². The van der Waals surface area contributed by atoms with Gasteiger partial charge in [-0.3, -0.25) is 4.79 Å². The smallest absolute Gasteiger partial charge is 0.243 e. The second-order valence-electron chi connectivity index (χ2n) is 4.08. The molecule has 0 radical (unpaired) electrons. The highest BCUT2D eigenvalue weighted by Gasteiger charge is 2.04. The molecule has 2 aromatic carbocycles. The number of nitrogens with one attached hydrogen (secondary N) is 2. The number of amides is 1. The molecule has 0 atom stereocenters. The number of carbonyl (C=O) groups excluding carboxylic acids is 1. The maximum atomic E-state index is 11.7. The van der Waals surface area contributed by atoms with Crippen molar-refractivity contribution in [2.24, 2.45) is 0 Å². The summed E-state index contributed by atoms with van der Waals surface area (Å²) in [5.41, 5.74) is 2.31. The van der Waals surface area contributed by atoms with Crippen molar-refractivity contribution in [1.29, 1.82) is 0 Å². The van der Waals surface area contributed by atoms with Gasteiger partial charge < -0.3 is 15.7 Å². The third-order valence-corrected chi connectivity index (χ3v) is 2.68. The fourth-order valence-corrected chi connectivity index (χ4v) is 1.73. The molecule has 98 valence electrons. The molecular formula is C15H16N2O2. The van der Waals surface area contributed by atoms with Gasteiger partial charge in [0, 0.05) is 16.9 Å². The van der Waals surface area contributed by atoms with Gasteiger partial charge in [0.05, 0.1) is 13.2 Å². The molecule has 0 saturated carbocycles. The van der Waals surface area contributed by atoms with Crippen LogP contribution in [0.15, 0.2) is 54.6 Å². The first-order valence-corrected chi connectivity index (χ1v) is 6.07. The second kappa shape index (κ2) is 6.56. The van der Waals surface area contributed by atoms with Crippen molar-refractivity contribution in [3.63, 3.8) is 0 Å². The van der Waals surface area contributed by atoms with E-state index in [9.17, 15) is 9.90 Å². The number of rotatable bonds is 5. The molecule has 0 fully saturated rings. The Balaban J connectivity index is 1.90. The number of aliphatic hydroxyl groups excluding tert-OH is 1. The lowest BCUT2D eigenvalue weighted by atomic mass is 10.2. The number of aliphatic hydroxyl groups is 1. The minimum Gasteiger partial charge on any atom is -0.392 e. The zero-order chi connectivity index (χ0) is 13.5. The van der Waals surface area contributed by atoms with Crippen LogP contribution >= 0.6 is 0 Å². The minimum absolute atomic E-state index is 0.0521. The van der Waals surface area contributed by atoms with Gasteiger partial charge in [-0.2, -0.15) is 0 Å². The van der Waals surface area contributed by atoms with Gasteiger partial charge in [0.2, 0.25) is 5.91 Å². The quantitative estimate of drug-likeness (QED) is 0.768. The fraction of sp³-hybridized carbons (Fsp3) is 0.133. The van der Waals surface area contributed by atoms with Crippen molar-refractivity contribution in [2.45, 2.75) is 6.61 Å². The number of benzene rings is 2. The van der Waals surface area contributed by atoms with Gasteiger partial charge in [-0.1, -0.05) is 36.4 Å². The van der Waals surface area contributed by atoms with Crippen molar-refractivity contribution in [3.05, 3.63) is 60.2 Å². The van der Waals surface area contributed by atoms with E-state index < -0.39 is 0 Å². The maximum absolute atomic E-state index is 11.7. The minimum atomic E-state index is -0.126. The third-order valence-electron chi connectivity index (χ3n) is 2.68. The normalized spacial score (nSPS) is 9.95. The summed E-state index contributed by atoms with van der Waals surface area (Å²) in [7, 11) is 0. The van der Waals surface area contributed by atoms with E-state index in [0.717, 1.165) is 16.9 Å². The maximum Gasteiger partial charge on any atom is 0.243 e. The van der Waals surface area contributed by atoms with E-state index in [4.69, 9.17) is 0 Å². The van der Waals surface area contributed by atoms with Gasteiger partial charge in [0.25, 0.3) is 0 Å². The molecular weight excluding hydrogens is 240 g/mol. The molecule has 0 aromatic heterocycles. The summed E-state index contributed by atoms with van der Waals surface area (Å²) in [4.78, 5) is 11.7. The summed E-state index contributed by atoms with van der Waals surface area (Å²) < 4.78 is 0. The van der Waals surface area contributed by atoms with E-state index in [-0.39, 0.29) is 19.1 Å². The Morgan fingerprint density at radius 2 is 1.68 bits per heavy atom. The molecule has 0 bridgehead atoms. The van der Waals surface area contributed by atoms with Crippen molar-refractivity contribution >= 4 is 17.3 Å². The molecule has 3 N–H and O–H groups in total. The van der Waals surface area contributed by atoms with Crippen LogP contribution < -0.4 is 10.6 Å². The third kappa shape index (κ3) is 3.82. The van der Waals surface area contributed by atoms with Crippen molar-refractivity contribution in [1.82, 2.24) is 0 Å². The van der Waals surface area contributed by atoms with E-state index >= 15 is 0 Å². The SMILES string of the molecule is O=C(CNc1ccccc1CO)Nc1ccccc1. The summed E-state index contributed by atoms with van der Waals surface area (Å²) in [5.74, 6) is -0.126. The van der Waals surface area contributed by atoms with Gasteiger partial charge in [0.1, 0.15) is 0 Å². The van der Waals surface area contributed by atoms with Crippen LogP contribution in [-0.2, 0) is 11.4 Å². The number of hydrogen-bond donors (Lipinski definition) is 3. The lowest BCUT2D eigenvalue weighted by molar-refractivity contribution is -0.114. The fourth-order valence-electron chi connectivity index (χ4n) is 1.73. The lowest BCUT2D eigenvalue weighted by Gasteiger charge is -2.10. The first kappa shape index (κ1) is 13.1. The first-order chi connectivity index (χ1) is 9.29. The molecule has 2 aromatic rings. The number of anilines is 2. The molecule has 2 rings (SSSR count). The highest BCUT2D eigenvalue weighted by Crippen LogP contribution is 2.14. The highest BCUT2D eigenvalue weighted by molar-refractivity contribution is 5.93. The Morgan fingerprint density at radius 1 is 1.00 bits per heavy atom. The molecule has 0 aliphatic heterocycles. The lowest BCUT2D eigenvalue weighted by Crippen LogP contribution is -2.22. The molecule has 0 saturated heterocycles. The number of para-hydroxylation sites is 2. The van der Waals surface area contributed by atoms with E-state index in [1.54, 1.807) is 0 Å². The van der Waals surface area contributed by atoms with Crippen LogP contribution in [0.4, 0.5) is 11.4 Å². The second-order valence-corrected chi connectivity index (χ2v) is 4.08. The Kier molecular flexibility index (Phi) is 4.53. The van der Waals surface area contributed by atoms with Crippen molar-refractivity contribution in [3.8, 4) is 0 Å². The summed E-state index contributed by atoms with van der Waals surface area (Å²) in [6.07, 6.45) is 0. The molecule has 19 heavy (non-hydrogen) atoms. The zero-order valence-electron chi connectivity index (χ0n) is 10.5. The van der Waals surface area contributed by atoms with Crippen molar-refractivity contribution in [2.75, 3.05) is 17.2 Å². The van der Waals surface area contributed by atoms with Gasteiger partial charge in [-0.05, 0) is 18.2 Å². The van der Waals surface area contributed by atoms with Gasteiger partial charge in [-0.25, -0.2) is 0 Å². The predicted octanol–water partition coefficient (Wildman–Crippen LogP) is 2.23. The average Bonchev–Trinajstić information content (AvgIpc) is 2.46. The van der Waals surface area contributed by atoms with Gasteiger partial charge in [-0.15, -0.1) is 0 Å². The van der Waals surface area contributed by atoms with Crippen LogP contribution in [0, 0.1) is 0 Å². The summed E-state index contributed by atoms with van der Waals surface area (Å²) in [6, 6.07) is 16.6. The molecule has 4 heteroatoms. The Labute approximate surface area is 112 Å². The van der Waals surface area contributed by atoms with Crippen LogP contribution in [0.25, 0.3) is 0 Å². The number of hydrogen-bond acceptors (Lipinski definition) is 3. The van der Waals surface area contributed by atoms with Crippen LogP contribution in [0.3, 0.4) is 0 Å². The van der Waals surface area contributed by atoms with E-state index in [1.807, 2.05) is 54.6 Å². The largest absolute Gasteiger partial charge is 0.392 e. The molecule has 0 aliphatic carbocycles. The Hall–Kier alpha value is -2.33. The monoisotopic (exact) mass is 256 g/mol. The predicted molar refractivity (Wildman–Crippen MR) is 75.9 cm³/mol. The summed E-state index contributed by atoms with van der Waals surface area (Å²) in [6.45, 7) is 0.107. The van der Waals surface area contributed by atoms with Gasteiger partial charge >= 0.3 is 0 Å². The van der Waals surface area contributed by atoms with Crippen LogP contribution in [0.5, 0.6) is 0 Å². The molecule has 1 amide bonds. The summed E-state index contributed by atoms with van der Waals surface area (Å²) >= 11 is 0. The zero-order valence-corrected chi connectivity index (χ0v) is 10.5. The Morgan fingerprint density at radius 3 is 2.42 bits per heavy atom. The Bertz CT molecular complexity index is 541. The van der Waals surface area contributed by atoms with Crippen molar-refractivity contribution < 1.29 is 9.90 Å². The molecule has 0 heterocycles. The number of carbonyl (C=O) groups is 1. The van der Waals surface area contributed by atoms with Crippen LogP contribution in [-0.4, -0.2) is 17.6 Å².